The first-order chi connectivity index (χ1) is 7.79. The van der Waals surface area contributed by atoms with Gasteiger partial charge in [-0.1, -0.05) is 34.1 Å². The van der Waals surface area contributed by atoms with Crippen LogP contribution in [0.25, 0.3) is 0 Å². The minimum absolute atomic E-state index is 0.211. The van der Waals surface area contributed by atoms with Gasteiger partial charge in [-0.25, -0.2) is 4.79 Å². The second kappa shape index (κ2) is 7.44. The van der Waals surface area contributed by atoms with E-state index in [0.717, 1.165) is 30.2 Å². The summed E-state index contributed by atoms with van der Waals surface area (Å²) in [4.78, 5) is 11.7. The summed E-state index contributed by atoms with van der Waals surface area (Å²) in [5, 5.41) is 1.01. The molecule has 0 aromatic heterocycles. The number of rotatable bonds is 6. The highest BCUT2D eigenvalue weighted by atomic mass is 79.9. The van der Waals surface area contributed by atoms with Gasteiger partial charge in [-0.3, -0.25) is 0 Å². The van der Waals surface area contributed by atoms with Crippen molar-refractivity contribution >= 4 is 21.9 Å². The summed E-state index contributed by atoms with van der Waals surface area (Å²) < 4.78 is 5.03. The molecule has 0 heterocycles. The van der Waals surface area contributed by atoms with Gasteiger partial charge >= 0.3 is 5.97 Å². The fraction of sp³-hybridized carbons (Fsp3) is 0.462. The van der Waals surface area contributed by atoms with Crippen LogP contribution in [0, 0.1) is 0 Å². The summed E-state index contributed by atoms with van der Waals surface area (Å²) in [5.74, 6) is -0.211. The number of benzene rings is 1. The summed E-state index contributed by atoms with van der Waals surface area (Å²) in [7, 11) is 0. The zero-order valence-corrected chi connectivity index (χ0v) is 11.1. The highest BCUT2D eigenvalue weighted by Gasteiger charge is 2.10. The molecule has 0 aliphatic rings. The Morgan fingerprint density at radius 2 is 2.06 bits per heavy atom. The Hall–Kier alpha value is -0.830. The van der Waals surface area contributed by atoms with Crippen molar-refractivity contribution in [1.82, 2.24) is 0 Å². The van der Waals surface area contributed by atoms with Crippen LogP contribution < -0.4 is 0 Å². The quantitative estimate of drug-likeness (QED) is 0.453. The van der Waals surface area contributed by atoms with Crippen molar-refractivity contribution in [3.8, 4) is 0 Å². The van der Waals surface area contributed by atoms with Crippen LogP contribution in [0.1, 0.15) is 35.7 Å². The fourth-order valence-electron chi connectivity index (χ4n) is 1.56. The molecule has 0 aliphatic heterocycles. The summed E-state index contributed by atoms with van der Waals surface area (Å²) in [6.07, 6.45) is 3.14. The van der Waals surface area contributed by atoms with Crippen molar-refractivity contribution in [2.75, 3.05) is 11.9 Å². The Morgan fingerprint density at radius 3 is 2.75 bits per heavy atom. The van der Waals surface area contributed by atoms with E-state index in [2.05, 4.69) is 15.9 Å². The molecule has 0 radical (unpaired) electrons. The van der Waals surface area contributed by atoms with Gasteiger partial charge in [0.2, 0.25) is 0 Å². The maximum atomic E-state index is 11.7. The van der Waals surface area contributed by atoms with Crippen molar-refractivity contribution in [3.63, 3.8) is 0 Å². The zero-order chi connectivity index (χ0) is 11.8. The molecule has 0 atom stereocenters. The lowest BCUT2D eigenvalue weighted by Crippen LogP contribution is -2.08. The van der Waals surface area contributed by atoms with Crippen molar-refractivity contribution < 1.29 is 9.53 Å². The molecule has 88 valence electrons. The third-order valence-corrected chi connectivity index (χ3v) is 2.90. The van der Waals surface area contributed by atoms with E-state index in [1.54, 1.807) is 0 Å². The lowest BCUT2D eigenvalue weighted by Gasteiger charge is -2.08. The average molecular weight is 285 g/mol. The molecule has 16 heavy (non-hydrogen) atoms. The monoisotopic (exact) mass is 284 g/mol. The van der Waals surface area contributed by atoms with Crippen LogP contribution >= 0.6 is 15.9 Å². The first-order valence-corrected chi connectivity index (χ1v) is 6.72. The van der Waals surface area contributed by atoms with Gasteiger partial charge in [0.1, 0.15) is 0 Å². The standard InChI is InChI=1S/C13H17BrO2/c1-2-16-13(15)12-9-4-3-7-11(12)8-5-6-10-14/h3-4,7,9H,2,5-6,8,10H2,1H3. The van der Waals surface area contributed by atoms with Crippen molar-refractivity contribution in [3.05, 3.63) is 35.4 Å². The Balaban J connectivity index is 2.71. The van der Waals surface area contributed by atoms with E-state index in [1.165, 1.54) is 0 Å². The number of hydrogen-bond donors (Lipinski definition) is 0. The lowest BCUT2D eigenvalue weighted by molar-refractivity contribution is 0.0525. The van der Waals surface area contributed by atoms with Crippen LogP contribution in [0.4, 0.5) is 0 Å². The number of halogens is 1. The normalized spacial score (nSPS) is 10.1. The van der Waals surface area contributed by atoms with Crippen molar-refractivity contribution in [1.29, 1.82) is 0 Å². The predicted molar refractivity (Wildman–Crippen MR) is 69.1 cm³/mol. The largest absolute Gasteiger partial charge is 0.462 e. The second-order valence-electron chi connectivity index (χ2n) is 3.52. The number of carbonyl (C=O) groups is 1. The molecule has 0 aliphatic carbocycles. The minimum Gasteiger partial charge on any atom is -0.462 e. The number of ether oxygens (including phenoxy) is 1. The molecule has 3 heteroatoms. The number of unbranched alkanes of at least 4 members (excludes halogenated alkanes) is 1. The van der Waals surface area contributed by atoms with Crippen molar-refractivity contribution in [2.45, 2.75) is 26.2 Å². The summed E-state index contributed by atoms with van der Waals surface area (Å²) in [6.45, 7) is 2.25. The Labute approximate surface area is 105 Å². The average Bonchev–Trinajstić information content (AvgIpc) is 2.30. The van der Waals surface area contributed by atoms with Crippen LogP contribution in [0.5, 0.6) is 0 Å². The number of hydrogen-bond acceptors (Lipinski definition) is 2. The molecule has 0 N–H and O–H groups in total. The van der Waals surface area contributed by atoms with E-state index < -0.39 is 0 Å². The molecular formula is C13H17BrO2. The van der Waals surface area contributed by atoms with Gasteiger partial charge in [0.15, 0.2) is 0 Å². The van der Waals surface area contributed by atoms with Crippen LogP contribution in [-0.2, 0) is 11.2 Å². The smallest absolute Gasteiger partial charge is 0.338 e. The summed E-state index contributed by atoms with van der Waals surface area (Å²) in [5.41, 5.74) is 1.79. The molecule has 1 rings (SSSR count). The molecule has 1 aromatic rings. The Kier molecular flexibility index (Phi) is 6.16. The molecule has 0 spiro atoms. The molecule has 1 aromatic carbocycles. The second-order valence-corrected chi connectivity index (χ2v) is 4.32. The number of esters is 1. The summed E-state index contributed by atoms with van der Waals surface area (Å²) in [6, 6.07) is 7.67. The minimum atomic E-state index is -0.211. The maximum absolute atomic E-state index is 11.7. The third kappa shape index (κ3) is 3.97. The predicted octanol–water partition coefficient (Wildman–Crippen LogP) is 3.58. The highest BCUT2D eigenvalue weighted by molar-refractivity contribution is 9.09. The van der Waals surface area contributed by atoms with Crippen molar-refractivity contribution in [2.24, 2.45) is 0 Å². The first kappa shape index (κ1) is 13.2. The SMILES string of the molecule is CCOC(=O)c1ccccc1CCCCBr. The number of aryl methyl sites for hydroxylation is 1. The molecule has 0 unspecified atom stereocenters. The zero-order valence-electron chi connectivity index (χ0n) is 9.54. The molecule has 0 saturated carbocycles. The van der Waals surface area contributed by atoms with Gasteiger partial charge in [0, 0.05) is 5.33 Å². The van der Waals surface area contributed by atoms with E-state index in [4.69, 9.17) is 4.74 Å². The van der Waals surface area contributed by atoms with E-state index in [1.807, 2.05) is 31.2 Å². The lowest BCUT2D eigenvalue weighted by atomic mass is 10.0. The molecular weight excluding hydrogens is 268 g/mol. The van der Waals surface area contributed by atoms with Gasteiger partial charge in [-0.05, 0) is 37.8 Å². The van der Waals surface area contributed by atoms with Crippen LogP contribution in [0.2, 0.25) is 0 Å². The molecule has 0 amide bonds. The van der Waals surface area contributed by atoms with Gasteiger partial charge < -0.3 is 4.74 Å². The topological polar surface area (TPSA) is 26.3 Å². The van der Waals surface area contributed by atoms with E-state index in [-0.39, 0.29) is 5.97 Å². The highest BCUT2D eigenvalue weighted by Crippen LogP contribution is 2.13. The van der Waals surface area contributed by atoms with Gasteiger partial charge in [0.25, 0.3) is 0 Å². The summed E-state index contributed by atoms with van der Waals surface area (Å²) >= 11 is 3.40. The molecule has 0 saturated heterocycles. The maximum Gasteiger partial charge on any atom is 0.338 e. The van der Waals surface area contributed by atoms with Gasteiger partial charge in [-0.2, -0.15) is 0 Å². The molecule has 0 fully saturated rings. The Morgan fingerprint density at radius 1 is 1.31 bits per heavy atom. The third-order valence-electron chi connectivity index (χ3n) is 2.34. The van der Waals surface area contributed by atoms with Crippen LogP contribution in [-0.4, -0.2) is 17.9 Å². The van der Waals surface area contributed by atoms with E-state index in [0.29, 0.717) is 12.2 Å². The first-order valence-electron chi connectivity index (χ1n) is 5.60. The van der Waals surface area contributed by atoms with Crippen LogP contribution in [0.3, 0.4) is 0 Å². The number of alkyl halides is 1. The van der Waals surface area contributed by atoms with E-state index in [9.17, 15) is 4.79 Å². The van der Waals surface area contributed by atoms with Gasteiger partial charge in [-0.15, -0.1) is 0 Å². The fourth-order valence-corrected chi connectivity index (χ4v) is 1.95. The molecule has 0 bridgehead atoms. The van der Waals surface area contributed by atoms with E-state index >= 15 is 0 Å². The molecule has 2 nitrogen and oxygen atoms in total. The number of carbonyl (C=O) groups excluding carboxylic acids is 1. The van der Waals surface area contributed by atoms with Crippen LogP contribution in [0.15, 0.2) is 24.3 Å². The Bertz CT molecular complexity index is 336. The van der Waals surface area contributed by atoms with Gasteiger partial charge in [0.05, 0.1) is 12.2 Å².